The number of hydrogen-bond donors (Lipinski definition) is 3. The number of fused-ring (bicyclic) bond motifs is 6. The number of nitrogens with two attached hydrogens (primary N) is 1. The fourth-order valence-corrected chi connectivity index (χ4v) is 10.5. The topological polar surface area (TPSA) is 105 Å². The first-order valence-corrected chi connectivity index (χ1v) is 18.6. The summed E-state index contributed by atoms with van der Waals surface area (Å²) in [4.78, 5) is 25.3. The van der Waals surface area contributed by atoms with E-state index in [4.69, 9.17) is 28.9 Å². The van der Waals surface area contributed by atoms with Crippen molar-refractivity contribution >= 4 is 77.9 Å². The predicted molar refractivity (Wildman–Crippen MR) is 206 cm³/mol. The molecular weight excluding hydrogens is 667 g/mol. The Bertz CT molecular complexity index is 1640. The fourth-order valence-electron chi connectivity index (χ4n) is 7.54. The number of anilines is 2. The maximum absolute atomic E-state index is 6.17. The van der Waals surface area contributed by atoms with Crippen molar-refractivity contribution < 1.29 is 0 Å². The van der Waals surface area contributed by atoms with E-state index in [2.05, 4.69) is 49.6 Å². The highest BCUT2D eigenvalue weighted by Gasteiger charge is 2.27. The van der Waals surface area contributed by atoms with Crippen LogP contribution in [-0.2, 0) is 25.7 Å². The maximum Gasteiger partial charge on any atom is 0.225 e. The first-order chi connectivity index (χ1) is 21.3. The van der Waals surface area contributed by atoms with Crippen LogP contribution in [0.3, 0.4) is 0 Å². The number of nitrogens with zero attached hydrogens (tertiary/aromatic N) is 5. The summed E-state index contributed by atoms with van der Waals surface area (Å²) in [6, 6.07) is 2.03. The van der Waals surface area contributed by atoms with E-state index in [1.165, 1.54) is 83.0 Å². The molecule has 8 rings (SSSR count). The molecule has 0 radical (unpaired) electrons. The molecule has 4 aromatic heterocycles. The van der Waals surface area contributed by atoms with Crippen molar-refractivity contribution in [2.45, 2.75) is 136 Å². The number of rotatable bonds is 5. The van der Waals surface area contributed by atoms with Gasteiger partial charge in [0.25, 0.3) is 0 Å². The Morgan fingerprint density at radius 1 is 0.638 bits per heavy atom. The SMILES string of the molecule is C.C.C.CN(C)C1CCC(Nc2nc(Cl)nc3sc4c(c23)CCC4)CC1.NC1CCC(Nc2nc(Cl)nc3sc4c(c23)CCC4)CC1. The zero-order chi connectivity index (χ0) is 30.4. The summed E-state index contributed by atoms with van der Waals surface area (Å²) in [6.07, 6.45) is 16.4. The number of aryl methyl sites for hydroxylation is 4. The molecule has 47 heavy (non-hydrogen) atoms. The van der Waals surface area contributed by atoms with Crippen LogP contribution < -0.4 is 16.4 Å². The number of hydrogen-bond acceptors (Lipinski definition) is 10. The van der Waals surface area contributed by atoms with Crippen molar-refractivity contribution in [3.63, 3.8) is 0 Å². The zero-order valence-corrected chi connectivity index (χ0v) is 28.7. The summed E-state index contributed by atoms with van der Waals surface area (Å²) in [5, 5.41) is 10.5. The molecule has 4 heterocycles. The van der Waals surface area contributed by atoms with E-state index in [-0.39, 0.29) is 22.3 Å². The van der Waals surface area contributed by atoms with Crippen molar-refractivity contribution in [3.05, 3.63) is 31.4 Å². The molecule has 4 aromatic rings. The molecule has 4 aliphatic carbocycles. The van der Waals surface area contributed by atoms with Crippen molar-refractivity contribution in [1.82, 2.24) is 24.8 Å². The van der Waals surface area contributed by atoms with E-state index in [9.17, 15) is 0 Å². The highest BCUT2D eigenvalue weighted by atomic mass is 35.5. The van der Waals surface area contributed by atoms with E-state index in [0.29, 0.717) is 34.7 Å². The van der Waals surface area contributed by atoms with Crippen molar-refractivity contribution in [2.24, 2.45) is 5.73 Å². The van der Waals surface area contributed by atoms with Crippen LogP contribution in [0.1, 0.15) is 107 Å². The number of aromatic nitrogens is 4. The Kier molecular flexibility index (Phi) is 13.1. The second-order valence-electron chi connectivity index (χ2n) is 13.1. The van der Waals surface area contributed by atoms with Gasteiger partial charge in [0, 0.05) is 33.9 Å². The fraction of sp³-hybridized carbons (Fsp3) is 0.657. The van der Waals surface area contributed by atoms with Gasteiger partial charge in [-0.2, -0.15) is 0 Å². The minimum Gasteiger partial charge on any atom is -0.367 e. The lowest BCUT2D eigenvalue weighted by atomic mass is 9.90. The van der Waals surface area contributed by atoms with Crippen LogP contribution in [0.25, 0.3) is 20.4 Å². The summed E-state index contributed by atoms with van der Waals surface area (Å²) < 4.78 is 0. The Morgan fingerprint density at radius 2 is 1.06 bits per heavy atom. The monoisotopic (exact) mass is 720 g/mol. The molecule has 0 bridgehead atoms. The first-order valence-electron chi connectivity index (χ1n) is 16.2. The number of thiophene rings is 2. The molecule has 2 fully saturated rings. The average molecular weight is 722 g/mol. The minimum absolute atomic E-state index is 0. The highest BCUT2D eigenvalue weighted by Crippen LogP contribution is 2.42. The van der Waals surface area contributed by atoms with E-state index in [1.807, 2.05) is 0 Å². The Balaban J connectivity index is 0.000000201. The molecule has 0 spiro atoms. The Hall–Kier alpha value is -1.82. The van der Waals surface area contributed by atoms with E-state index >= 15 is 0 Å². The smallest absolute Gasteiger partial charge is 0.225 e. The van der Waals surface area contributed by atoms with Crippen LogP contribution >= 0.6 is 45.9 Å². The molecule has 0 unspecified atom stereocenters. The van der Waals surface area contributed by atoms with Gasteiger partial charge in [0.15, 0.2) is 0 Å². The summed E-state index contributed by atoms with van der Waals surface area (Å²) in [5.41, 5.74) is 8.90. The van der Waals surface area contributed by atoms with Gasteiger partial charge in [-0.15, -0.1) is 22.7 Å². The van der Waals surface area contributed by atoms with Crippen LogP contribution in [0, 0.1) is 0 Å². The first kappa shape index (κ1) is 38.0. The molecule has 0 amide bonds. The zero-order valence-electron chi connectivity index (χ0n) is 25.6. The van der Waals surface area contributed by atoms with Crippen molar-refractivity contribution in [2.75, 3.05) is 24.7 Å². The molecule has 0 atom stereocenters. The van der Waals surface area contributed by atoms with Crippen LogP contribution in [0.15, 0.2) is 0 Å². The summed E-state index contributed by atoms with van der Waals surface area (Å²) >= 11 is 15.9. The molecule has 4 aliphatic rings. The van der Waals surface area contributed by atoms with Crippen molar-refractivity contribution in [1.29, 1.82) is 0 Å². The minimum atomic E-state index is 0. The summed E-state index contributed by atoms with van der Waals surface area (Å²) in [5.74, 6) is 1.90. The maximum atomic E-state index is 6.17. The third-order valence-corrected chi connectivity index (χ3v) is 12.7. The second-order valence-corrected chi connectivity index (χ2v) is 16.0. The predicted octanol–water partition coefficient (Wildman–Crippen LogP) is 9.54. The normalized spacial score (nSPS) is 23.2. The largest absolute Gasteiger partial charge is 0.367 e. The molecule has 0 aromatic carbocycles. The lowest BCUT2D eigenvalue weighted by molar-refractivity contribution is 0.221. The number of halogens is 2. The second kappa shape index (κ2) is 16.3. The lowest BCUT2D eigenvalue weighted by Crippen LogP contribution is -2.36. The molecular formula is C35H54Cl2N8S2. The van der Waals surface area contributed by atoms with Gasteiger partial charge < -0.3 is 21.3 Å². The van der Waals surface area contributed by atoms with E-state index in [1.54, 1.807) is 22.7 Å². The molecule has 0 aliphatic heterocycles. The molecule has 8 nitrogen and oxygen atoms in total. The van der Waals surface area contributed by atoms with Gasteiger partial charge in [-0.05, 0) is 138 Å². The third-order valence-electron chi connectivity index (χ3n) is 9.96. The van der Waals surface area contributed by atoms with Gasteiger partial charge in [-0.1, -0.05) is 22.3 Å². The van der Waals surface area contributed by atoms with Gasteiger partial charge in [0.2, 0.25) is 10.6 Å². The Morgan fingerprint density at radius 3 is 1.49 bits per heavy atom. The molecule has 0 saturated heterocycles. The van der Waals surface area contributed by atoms with Gasteiger partial charge >= 0.3 is 0 Å². The van der Waals surface area contributed by atoms with Crippen molar-refractivity contribution in [3.8, 4) is 0 Å². The molecule has 260 valence electrons. The quantitative estimate of drug-likeness (QED) is 0.175. The summed E-state index contributed by atoms with van der Waals surface area (Å²) in [7, 11) is 4.36. The highest BCUT2D eigenvalue weighted by molar-refractivity contribution is 7.19. The van der Waals surface area contributed by atoms with Gasteiger partial charge in [-0.25, -0.2) is 19.9 Å². The molecule has 4 N–H and O–H groups in total. The van der Waals surface area contributed by atoms with Crippen LogP contribution in [-0.4, -0.2) is 63.1 Å². The standard InChI is InChI=1S/C17H23ClN4S.C15H19ClN4S.3CH4/c1-22(2)11-8-6-10(7-9-11)19-15-14-12-4-3-5-13(12)23-16(14)21-17(18)20-15;16-15-19-13(18-9-6-4-8(17)5-7-9)12-10-2-1-3-11(10)21-14(12)20-15;;;/h10-11H,3-9H2,1-2H3,(H,19,20,21);8-9H,1-7,17H2,(H,18,19,20);3*1H4. The Labute approximate surface area is 299 Å². The van der Waals surface area contributed by atoms with Crippen LogP contribution in [0.5, 0.6) is 0 Å². The molecule has 12 heteroatoms. The van der Waals surface area contributed by atoms with Gasteiger partial charge in [0.05, 0.1) is 10.8 Å². The van der Waals surface area contributed by atoms with Crippen LogP contribution in [0.4, 0.5) is 11.6 Å². The number of nitrogens with one attached hydrogen (secondary N) is 2. The lowest BCUT2D eigenvalue weighted by Gasteiger charge is -2.33. The molecule has 2 saturated carbocycles. The van der Waals surface area contributed by atoms with Gasteiger partial charge in [0.1, 0.15) is 21.3 Å². The average Bonchev–Trinajstić information content (AvgIpc) is 3.76. The summed E-state index contributed by atoms with van der Waals surface area (Å²) in [6.45, 7) is 0. The van der Waals surface area contributed by atoms with E-state index < -0.39 is 0 Å². The van der Waals surface area contributed by atoms with Gasteiger partial charge in [-0.3, -0.25) is 0 Å². The van der Waals surface area contributed by atoms with Crippen LogP contribution in [0.2, 0.25) is 10.6 Å². The third kappa shape index (κ3) is 8.15. The van der Waals surface area contributed by atoms with E-state index in [0.717, 1.165) is 59.8 Å².